The SMILES string of the molecule is C/C(=N\NC(=O)Cc1nc2sc(C)c(C)c2c(=O)[nH]1)c1ccccc1Cl. The zero-order chi connectivity index (χ0) is 18.8. The summed E-state index contributed by atoms with van der Waals surface area (Å²) in [6.07, 6.45) is -0.0690. The van der Waals surface area contributed by atoms with Crippen LogP contribution in [0.3, 0.4) is 0 Å². The van der Waals surface area contributed by atoms with E-state index < -0.39 is 0 Å². The van der Waals surface area contributed by atoms with Crippen molar-refractivity contribution >= 4 is 44.8 Å². The first-order valence-electron chi connectivity index (χ1n) is 7.93. The van der Waals surface area contributed by atoms with Crippen molar-refractivity contribution in [1.82, 2.24) is 15.4 Å². The van der Waals surface area contributed by atoms with Gasteiger partial charge in [0.15, 0.2) is 0 Å². The lowest BCUT2D eigenvalue weighted by Gasteiger charge is -2.04. The standard InChI is InChI=1S/C18H17ClN4O2S/c1-9-11(3)26-18-16(9)17(25)20-14(21-18)8-15(24)23-22-10(2)12-6-4-5-7-13(12)19/h4-7H,8H2,1-3H3,(H,23,24)(H,20,21,25)/b22-10+. The minimum absolute atomic E-state index is 0.0690. The summed E-state index contributed by atoms with van der Waals surface area (Å²) in [5, 5.41) is 5.22. The van der Waals surface area contributed by atoms with E-state index in [1.54, 1.807) is 13.0 Å². The van der Waals surface area contributed by atoms with Crippen LogP contribution in [0.4, 0.5) is 0 Å². The maximum atomic E-state index is 12.2. The zero-order valence-corrected chi connectivity index (χ0v) is 16.1. The minimum atomic E-state index is -0.371. The number of carbonyl (C=O) groups is 1. The summed E-state index contributed by atoms with van der Waals surface area (Å²) in [5.41, 5.74) is 4.50. The lowest BCUT2D eigenvalue weighted by atomic mass is 10.1. The van der Waals surface area contributed by atoms with Gasteiger partial charge in [-0.1, -0.05) is 29.8 Å². The number of benzene rings is 1. The van der Waals surface area contributed by atoms with E-state index in [0.29, 0.717) is 26.8 Å². The Morgan fingerprint density at radius 2 is 2.08 bits per heavy atom. The maximum absolute atomic E-state index is 12.2. The molecule has 1 amide bonds. The molecule has 2 heterocycles. The third kappa shape index (κ3) is 3.68. The minimum Gasteiger partial charge on any atom is -0.309 e. The van der Waals surface area contributed by atoms with Crippen LogP contribution >= 0.6 is 22.9 Å². The summed E-state index contributed by atoms with van der Waals surface area (Å²) in [6.45, 7) is 5.59. The van der Waals surface area contributed by atoms with E-state index >= 15 is 0 Å². The van der Waals surface area contributed by atoms with Crippen LogP contribution in [0.25, 0.3) is 10.2 Å². The molecule has 2 aromatic heterocycles. The first-order valence-corrected chi connectivity index (χ1v) is 9.13. The number of hydrogen-bond donors (Lipinski definition) is 2. The van der Waals surface area contributed by atoms with Gasteiger partial charge in [0.2, 0.25) is 5.91 Å². The Morgan fingerprint density at radius 1 is 1.35 bits per heavy atom. The molecule has 1 aromatic carbocycles. The molecular formula is C18H17ClN4O2S. The molecule has 0 radical (unpaired) electrons. The van der Waals surface area contributed by atoms with Crippen molar-refractivity contribution in [2.75, 3.05) is 0 Å². The van der Waals surface area contributed by atoms with Gasteiger partial charge in [-0.05, 0) is 32.4 Å². The Labute approximate surface area is 158 Å². The van der Waals surface area contributed by atoms with Crippen LogP contribution in [-0.2, 0) is 11.2 Å². The fraction of sp³-hybridized carbons (Fsp3) is 0.222. The van der Waals surface area contributed by atoms with Gasteiger partial charge in [-0.25, -0.2) is 10.4 Å². The number of H-pyrrole nitrogens is 1. The molecule has 0 spiro atoms. The Bertz CT molecular complexity index is 1080. The van der Waals surface area contributed by atoms with Gasteiger partial charge in [-0.3, -0.25) is 9.59 Å². The van der Waals surface area contributed by atoms with E-state index in [-0.39, 0.29) is 17.9 Å². The Kier molecular flexibility index (Phi) is 5.20. The van der Waals surface area contributed by atoms with E-state index in [4.69, 9.17) is 11.6 Å². The van der Waals surface area contributed by atoms with Crippen LogP contribution in [0, 0.1) is 13.8 Å². The molecule has 0 bridgehead atoms. The molecule has 2 N–H and O–H groups in total. The molecule has 0 saturated heterocycles. The highest BCUT2D eigenvalue weighted by molar-refractivity contribution is 7.18. The smallest absolute Gasteiger partial charge is 0.259 e. The number of aryl methyl sites for hydroxylation is 2. The molecule has 0 aliphatic heterocycles. The van der Waals surface area contributed by atoms with Crippen LogP contribution < -0.4 is 11.0 Å². The number of rotatable bonds is 4. The average molecular weight is 389 g/mol. The summed E-state index contributed by atoms with van der Waals surface area (Å²) in [7, 11) is 0. The van der Waals surface area contributed by atoms with Gasteiger partial charge in [-0.15, -0.1) is 11.3 Å². The van der Waals surface area contributed by atoms with Crippen molar-refractivity contribution in [2.45, 2.75) is 27.2 Å². The van der Waals surface area contributed by atoms with Crippen LogP contribution in [0.1, 0.15) is 28.8 Å². The van der Waals surface area contributed by atoms with Crippen LogP contribution in [0.15, 0.2) is 34.2 Å². The van der Waals surface area contributed by atoms with Gasteiger partial charge in [-0.2, -0.15) is 5.10 Å². The zero-order valence-electron chi connectivity index (χ0n) is 14.5. The summed E-state index contributed by atoms with van der Waals surface area (Å²) in [4.78, 5) is 33.1. The molecule has 0 aliphatic carbocycles. The van der Waals surface area contributed by atoms with E-state index in [2.05, 4.69) is 20.5 Å². The molecule has 0 unspecified atom stereocenters. The topological polar surface area (TPSA) is 87.2 Å². The molecule has 6 nitrogen and oxygen atoms in total. The lowest BCUT2D eigenvalue weighted by molar-refractivity contribution is -0.120. The number of hydrogen-bond acceptors (Lipinski definition) is 5. The Balaban J connectivity index is 1.76. The molecular weight excluding hydrogens is 372 g/mol. The first kappa shape index (κ1) is 18.3. The van der Waals surface area contributed by atoms with E-state index in [1.165, 1.54) is 11.3 Å². The molecule has 0 aliphatic rings. The maximum Gasteiger partial charge on any atom is 0.259 e. The number of nitrogens with zero attached hydrogens (tertiary/aromatic N) is 2. The Hall–Kier alpha value is -2.51. The van der Waals surface area contributed by atoms with Crippen molar-refractivity contribution in [3.63, 3.8) is 0 Å². The summed E-state index contributed by atoms with van der Waals surface area (Å²) < 4.78 is 0. The van der Waals surface area contributed by atoms with Gasteiger partial charge < -0.3 is 4.98 Å². The normalized spacial score (nSPS) is 11.8. The molecule has 26 heavy (non-hydrogen) atoms. The molecule has 3 rings (SSSR count). The second-order valence-corrected chi connectivity index (χ2v) is 7.48. The number of nitrogens with one attached hydrogen (secondary N) is 2. The number of halogens is 1. The highest BCUT2D eigenvalue weighted by Gasteiger charge is 2.13. The van der Waals surface area contributed by atoms with Gasteiger partial charge in [0, 0.05) is 15.5 Å². The lowest BCUT2D eigenvalue weighted by Crippen LogP contribution is -2.24. The van der Waals surface area contributed by atoms with Crippen LogP contribution in [-0.4, -0.2) is 21.6 Å². The summed E-state index contributed by atoms with van der Waals surface area (Å²) in [5.74, 6) is -0.0595. The van der Waals surface area contributed by atoms with E-state index in [0.717, 1.165) is 16.0 Å². The molecule has 134 valence electrons. The monoisotopic (exact) mass is 388 g/mol. The third-order valence-electron chi connectivity index (χ3n) is 4.03. The second kappa shape index (κ2) is 7.39. The number of aromatic amines is 1. The summed E-state index contributed by atoms with van der Waals surface area (Å²) >= 11 is 7.56. The molecule has 3 aromatic rings. The fourth-order valence-electron chi connectivity index (χ4n) is 2.54. The number of aromatic nitrogens is 2. The van der Waals surface area contributed by atoms with Crippen molar-refractivity contribution in [1.29, 1.82) is 0 Å². The Morgan fingerprint density at radius 3 is 2.81 bits per heavy atom. The quantitative estimate of drug-likeness (QED) is 0.530. The fourth-order valence-corrected chi connectivity index (χ4v) is 3.86. The third-order valence-corrected chi connectivity index (χ3v) is 5.46. The number of fused-ring (bicyclic) bond motifs is 1. The first-order chi connectivity index (χ1) is 12.4. The van der Waals surface area contributed by atoms with Crippen molar-refractivity contribution in [3.8, 4) is 0 Å². The second-order valence-electron chi connectivity index (χ2n) is 5.86. The molecule has 0 atom stereocenters. The van der Waals surface area contributed by atoms with Gasteiger partial charge in [0.25, 0.3) is 5.56 Å². The van der Waals surface area contributed by atoms with Crippen molar-refractivity contribution in [3.05, 3.63) is 61.5 Å². The predicted molar refractivity (Wildman–Crippen MR) is 105 cm³/mol. The highest BCUT2D eigenvalue weighted by Crippen LogP contribution is 2.25. The van der Waals surface area contributed by atoms with E-state index in [1.807, 2.05) is 32.0 Å². The number of carbonyl (C=O) groups excluding carboxylic acids is 1. The molecule has 0 fully saturated rings. The van der Waals surface area contributed by atoms with Gasteiger partial charge >= 0.3 is 0 Å². The van der Waals surface area contributed by atoms with Gasteiger partial charge in [0.1, 0.15) is 10.7 Å². The summed E-state index contributed by atoms with van der Waals surface area (Å²) in [6, 6.07) is 7.25. The van der Waals surface area contributed by atoms with E-state index in [9.17, 15) is 9.59 Å². The highest BCUT2D eigenvalue weighted by atomic mass is 35.5. The van der Waals surface area contributed by atoms with Crippen LogP contribution in [0.5, 0.6) is 0 Å². The predicted octanol–water partition coefficient (Wildman–Crippen LogP) is 3.34. The number of hydrazone groups is 1. The number of amides is 1. The average Bonchev–Trinajstić information content (AvgIpc) is 2.87. The van der Waals surface area contributed by atoms with Crippen molar-refractivity contribution in [2.24, 2.45) is 5.10 Å². The van der Waals surface area contributed by atoms with Crippen molar-refractivity contribution < 1.29 is 4.79 Å². The largest absolute Gasteiger partial charge is 0.309 e. The molecule has 0 saturated carbocycles. The molecule has 8 heteroatoms. The van der Waals surface area contributed by atoms with Gasteiger partial charge in [0.05, 0.1) is 17.5 Å². The van der Waals surface area contributed by atoms with Crippen LogP contribution in [0.2, 0.25) is 5.02 Å². The number of thiophene rings is 1.